The maximum absolute atomic E-state index is 14.3. The van der Waals surface area contributed by atoms with Gasteiger partial charge in [0.25, 0.3) is 11.5 Å². The van der Waals surface area contributed by atoms with Crippen LogP contribution in [0.1, 0.15) is 6.92 Å². The number of thiocarbonyl (C=S) groups is 1. The highest BCUT2D eigenvalue weighted by Gasteiger charge is 2.42. The van der Waals surface area contributed by atoms with Crippen LogP contribution in [-0.2, 0) is 11.3 Å². The molecule has 206 valence electrons. The van der Waals surface area contributed by atoms with Gasteiger partial charge in [0.2, 0.25) is 0 Å². The van der Waals surface area contributed by atoms with Gasteiger partial charge in [0.05, 0.1) is 18.5 Å². The van der Waals surface area contributed by atoms with Crippen molar-refractivity contribution in [1.82, 2.24) is 4.57 Å². The lowest BCUT2D eigenvalue weighted by atomic mass is 10.2. The first-order valence-corrected chi connectivity index (χ1v) is 15.0. The van der Waals surface area contributed by atoms with E-state index < -0.39 is 0 Å². The zero-order chi connectivity index (χ0) is 28.7. The van der Waals surface area contributed by atoms with Gasteiger partial charge >= 0.3 is 0 Å². The Labute approximate surface area is 250 Å². The van der Waals surface area contributed by atoms with Crippen LogP contribution in [0.25, 0.3) is 10.7 Å². The van der Waals surface area contributed by atoms with Gasteiger partial charge in [-0.3, -0.25) is 24.0 Å². The minimum atomic E-state index is -0.292. The number of ether oxygens (including phenoxy) is 1. The predicted molar refractivity (Wildman–Crippen MR) is 172 cm³/mol. The highest BCUT2D eigenvalue weighted by Crippen LogP contribution is 2.47. The Morgan fingerprint density at radius 2 is 1.61 bits per heavy atom. The second-order valence-electron chi connectivity index (χ2n) is 9.20. The van der Waals surface area contributed by atoms with Crippen LogP contribution in [0, 0.1) is 0 Å². The van der Waals surface area contributed by atoms with E-state index in [4.69, 9.17) is 17.0 Å². The van der Waals surface area contributed by atoms with Crippen LogP contribution in [-0.4, -0.2) is 29.2 Å². The maximum atomic E-state index is 14.3. The molecule has 2 aliphatic rings. The SMILES string of the molecule is C=CCn1c(=C2C(=O)N(c3ccccc3)C(=S)N2c2ccccc2)sc(=C2Sc3ccc(OC)cc3N2CC)c1=O. The number of aromatic nitrogens is 1. The number of nitrogens with zero attached hydrogens (tertiary/aromatic N) is 4. The zero-order valence-corrected chi connectivity index (χ0v) is 24.9. The molecule has 6 rings (SSSR count). The predicted octanol–water partition coefficient (Wildman–Crippen LogP) is 4.75. The van der Waals surface area contributed by atoms with Crippen molar-refractivity contribution in [3.63, 3.8) is 0 Å². The lowest BCUT2D eigenvalue weighted by Gasteiger charge is -2.20. The molecule has 0 spiro atoms. The number of allylic oxidation sites excluding steroid dienone is 1. The lowest BCUT2D eigenvalue weighted by molar-refractivity contribution is -0.112. The molecule has 0 unspecified atom stereocenters. The van der Waals surface area contributed by atoms with E-state index in [1.54, 1.807) is 34.4 Å². The number of benzene rings is 3. The van der Waals surface area contributed by atoms with Crippen molar-refractivity contribution < 1.29 is 9.53 Å². The molecule has 7 nitrogen and oxygen atoms in total. The number of fused-ring (bicyclic) bond motifs is 1. The van der Waals surface area contributed by atoms with E-state index in [0.717, 1.165) is 27.0 Å². The first kappa shape index (κ1) is 27.1. The molecule has 0 atom stereocenters. The first-order chi connectivity index (χ1) is 20.0. The van der Waals surface area contributed by atoms with Crippen LogP contribution in [0.4, 0.5) is 17.1 Å². The van der Waals surface area contributed by atoms with Gasteiger partial charge in [0, 0.05) is 29.7 Å². The van der Waals surface area contributed by atoms with Gasteiger partial charge in [-0.15, -0.1) is 17.9 Å². The second kappa shape index (κ2) is 11.0. The van der Waals surface area contributed by atoms with Crippen LogP contribution in [0.15, 0.2) is 101 Å². The van der Waals surface area contributed by atoms with Crippen molar-refractivity contribution in [1.29, 1.82) is 0 Å². The van der Waals surface area contributed by atoms with Crippen molar-refractivity contribution >= 4 is 74.1 Å². The molecule has 3 heterocycles. The molecule has 3 aromatic carbocycles. The topological polar surface area (TPSA) is 58.0 Å². The summed E-state index contributed by atoms with van der Waals surface area (Å²) in [5.74, 6) is 0.459. The highest BCUT2D eigenvalue weighted by molar-refractivity contribution is 8.08. The molecule has 0 saturated carbocycles. The third kappa shape index (κ3) is 4.48. The number of rotatable bonds is 6. The van der Waals surface area contributed by atoms with Crippen LogP contribution in [0.3, 0.4) is 0 Å². The quantitative estimate of drug-likeness (QED) is 0.235. The molecular weight excluding hydrogens is 573 g/mol. The number of hydrogen-bond acceptors (Lipinski definition) is 7. The Bertz CT molecular complexity index is 1870. The smallest absolute Gasteiger partial charge is 0.284 e. The fraction of sp³-hybridized carbons (Fsp3) is 0.129. The molecule has 1 fully saturated rings. The van der Waals surface area contributed by atoms with Crippen LogP contribution >= 0.6 is 35.3 Å². The lowest BCUT2D eigenvalue weighted by Crippen LogP contribution is -2.36. The standard InChI is InChI=1S/C31H26N4O3S3/c1-4-18-33-28(37)26(30-32(5-2)23-19-22(38-3)16-17-24(23)40-30)41-29(33)25-27(36)35(21-14-10-7-11-15-21)31(39)34(25)20-12-8-6-9-13-20/h4,6-17,19H,1,5,18H2,2-3H3. The number of methoxy groups -OCH3 is 1. The van der Waals surface area contributed by atoms with E-state index in [9.17, 15) is 9.59 Å². The normalized spacial score (nSPS) is 17.4. The average molecular weight is 599 g/mol. The van der Waals surface area contributed by atoms with Gasteiger partial charge in [-0.25, -0.2) is 0 Å². The van der Waals surface area contributed by atoms with Gasteiger partial charge in [0.1, 0.15) is 25.7 Å². The number of hydrogen-bond donors (Lipinski definition) is 0. The minimum Gasteiger partial charge on any atom is -0.497 e. The fourth-order valence-electron chi connectivity index (χ4n) is 4.98. The summed E-state index contributed by atoms with van der Waals surface area (Å²) in [6.45, 7) is 6.85. The molecule has 1 amide bonds. The summed E-state index contributed by atoms with van der Waals surface area (Å²) in [5.41, 5.74) is 2.55. The molecule has 0 bridgehead atoms. The summed E-state index contributed by atoms with van der Waals surface area (Å²) in [7, 11) is 1.64. The Balaban J connectivity index is 1.65. The van der Waals surface area contributed by atoms with Crippen molar-refractivity contribution in [2.75, 3.05) is 28.4 Å². The zero-order valence-electron chi connectivity index (χ0n) is 22.4. The van der Waals surface area contributed by atoms with Crippen molar-refractivity contribution in [3.05, 3.63) is 111 Å². The molecule has 10 heteroatoms. The van der Waals surface area contributed by atoms with Crippen molar-refractivity contribution in [3.8, 4) is 5.75 Å². The van der Waals surface area contributed by atoms with Crippen LogP contribution < -0.4 is 34.2 Å². The van der Waals surface area contributed by atoms with Gasteiger partial charge in [-0.1, -0.05) is 54.2 Å². The molecule has 1 aromatic heterocycles. The Morgan fingerprint density at radius 1 is 0.951 bits per heavy atom. The Morgan fingerprint density at radius 3 is 2.22 bits per heavy atom. The number of carbonyl (C=O) groups excluding carboxylic acids is 1. The van der Waals surface area contributed by atoms with Crippen molar-refractivity contribution in [2.24, 2.45) is 0 Å². The summed E-state index contributed by atoms with van der Waals surface area (Å²) >= 11 is 8.78. The molecular formula is C31H26N4O3S3. The largest absolute Gasteiger partial charge is 0.497 e. The fourth-order valence-corrected chi connectivity index (χ4v) is 7.88. The number of anilines is 3. The van der Waals surface area contributed by atoms with Crippen LogP contribution in [0.2, 0.25) is 0 Å². The van der Waals surface area contributed by atoms with Gasteiger partial charge in [-0.05, 0) is 55.5 Å². The average Bonchev–Trinajstić information content (AvgIpc) is 3.61. The molecule has 1 saturated heterocycles. The monoisotopic (exact) mass is 598 g/mol. The number of amides is 1. The highest BCUT2D eigenvalue weighted by atomic mass is 32.2. The number of para-hydroxylation sites is 2. The second-order valence-corrected chi connectivity index (χ2v) is 11.6. The van der Waals surface area contributed by atoms with E-state index in [0.29, 0.717) is 32.2 Å². The molecule has 0 aliphatic carbocycles. The van der Waals surface area contributed by atoms with Crippen LogP contribution in [0.5, 0.6) is 5.75 Å². The number of thioether (sulfide) groups is 1. The summed E-state index contributed by atoms with van der Waals surface area (Å²) in [4.78, 5) is 34.8. The molecule has 2 aliphatic heterocycles. The number of thiazole rings is 1. The summed E-state index contributed by atoms with van der Waals surface area (Å²) in [6, 6.07) is 24.8. The van der Waals surface area contributed by atoms with Gasteiger partial charge in [0.15, 0.2) is 5.11 Å². The first-order valence-electron chi connectivity index (χ1n) is 13.0. The summed E-state index contributed by atoms with van der Waals surface area (Å²) in [5, 5.41) is 1.15. The molecule has 0 N–H and O–H groups in total. The van der Waals surface area contributed by atoms with Gasteiger partial charge < -0.3 is 9.64 Å². The third-order valence-corrected chi connectivity index (χ3v) is 9.71. The minimum absolute atomic E-state index is 0.178. The van der Waals surface area contributed by atoms with E-state index in [2.05, 4.69) is 18.4 Å². The molecule has 41 heavy (non-hydrogen) atoms. The van der Waals surface area contributed by atoms with E-state index in [-0.39, 0.29) is 18.0 Å². The van der Waals surface area contributed by atoms with E-state index in [1.807, 2.05) is 78.9 Å². The molecule has 0 radical (unpaired) electrons. The maximum Gasteiger partial charge on any atom is 0.284 e. The Hall–Kier alpha value is -4.12. The summed E-state index contributed by atoms with van der Waals surface area (Å²) < 4.78 is 8.16. The molecule has 4 aromatic rings. The van der Waals surface area contributed by atoms with E-state index in [1.165, 1.54) is 16.2 Å². The van der Waals surface area contributed by atoms with Crippen molar-refractivity contribution in [2.45, 2.75) is 18.4 Å². The Kier molecular flexibility index (Phi) is 7.29. The summed E-state index contributed by atoms with van der Waals surface area (Å²) in [6.07, 6.45) is 1.67. The van der Waals surface area contributed by atoms with Gasteiger partial charge in [-0.2, -0.15) is 0 Å². The third-order valence-electron chi connectivity index (χ3n) is 6.86. The van der Waals surface area contributed by atoms with E-state index >= 15 is 0 Å². The number of carbonyl (C=O) groups is 1.